The van der Waals surface area contributed by atoms with Gasteiger partial charge in [-0.05, 0) is 19.1 Å². The number of aryl methyl sites for hydroxylation is 1. The maximum absolute atomic E-state index is 4.54. The minimum Gasteiger partial charge on any atom is -0.459 e. The van der Waals surface area contributed by atoms with Crippen molar-refractivity contribution in [1.82, 2.24) is 0 Å². The SMILES string of the molecule is C=COC(C)=S.Cc1ccccc1. The van der Waals surface area contributed by atoms with Crippen LogP contribution in [0.3, 0.4) is 0 Å². The third kappa shape index (κ3) is 8.76. The maximum Gasteiger partial charge on any atom is 0.163 e. The van der Waals surface area contributed by atoms with E-state index < -0.39 is 0 Å². The Morgan fingerprint density at radius 2 is 1.92 bits per heavy atom. The van der Waals surface area contributed by atoms with Gasteiger partial charge in [0, 0.05) is 6.92 Å². The van der Waals surface area contributed by atoms with Gasteiger partial charge in [-0.1, -0.05) is 42.5 Å². The van der Waals surface area contributed by atoms with Crippen molar-refractivity contribution < 1.29 is 4.74 Å². The van der Waals surface area contributed by atoms with Gasteiger partial charge < -0.3 is 4.74 Å². The molecular formula is C11H14OS. The van der Waals surface area contributed by atoms with Crippen molar-refractivity contribution in [2.75, 3.05) is 0 Å². The highest BCUT2D eigenvalue weighted by Crippen LogP contribution is 1.92. The smallest absolute Gasteiger partial charge is 0.163 e. The van der Waals surface area contributed by atoms with E-state index in [1.165, 1.54) is 11.8 Å². The van der Waals surface area contributed by atoms with Crippen LogP contribution in [0.5, 0.6) is 0 Å². The zero-order chi connectivity index (χ0) is 10.1. The fourth-order valence-electron chi connectivity index (χ4n) is 0.652. The number of benzene rings is 1. The molecule has 70 valence electrons. The molecule has 0 aliphatic heterocycles. The average Bonchev–Trinajstić information content (AvgIpc) is 2.06. The summed E-state index contributed by atoms with van der Waals surface area (Å²) in [4.78, 5) is 0. The molecule has 0 saturated carbocycles. The lowest BCUT2D eigenvalue weighted by atomic mass is 10.2. The minimum absolute atomic E-state index is 0.505. The third-order valence-corrected chi connectivity index (χ3v) is 1.29. The summed E-state index contributed by atoms with van der Waals surface area (Å²) in [6, 6.07) is 10.3. The Morgan fingerprint density at radius 3 is 2.08 bits per heavy atom. The summed E-state index contributed by atoms with van der Waals surface area (Å²) in [5.74, 6) is 0. The first kappa shape index (κ1) is 11.8. The topological polar surface area (TPSA) is 9.23 Å². The Labute approximate surface area is 85.0 Å². The summed E-state index contributed by atoms with van der Waals surface area (Å²) >= 11 is 4.50. The Kier molecular flexibility index (Phi) is 6.83. The molecule has 0 unspecified atom stereocenters. The predicted molar refractivity (Wildman–Crippen MR) is 60.7 cm³/mol. The van der Waals surface area contributed by atoms with E-state index in [0.717, 1.165) is 0 Å². The average molecular weight is 194 g/mol. The number of ether oxygens (including phenoxy) is 1. The Balaban J connectivity index is 0.000000226. The molecule has 0 atom stereocenters. The molecule has 0 spiro atoms. The first-order chi connectivity index (χ1) is 6.16. The van der Waals surface area contributed by atoms with Crippen LogP contribution in [0.25, 0.3) is 0 Å². The largest absolute Gasteiger partial charge is 0.459 e. The van der Waals surface area contributed by atoms with Crippen molar-refractivity contribution in [3.63, 3.8) is 0 Å². The van der Waals surface area contributed by atoms with Crippen molar-refractivity contribution in [3.8, 4) is 0 Å². The van der Waals surface area contributed by atoms with Gasteiger partial charge in [0.25, 0.3) is 0 Å². The fourth-order valence-corrected chi connectivity index (χ4v) is 0.720. The molecule has 0 heterocycles. The number of thiocarbonyl (C=S) groups is 1. The summed E-state index contributed by atoms with van der Waals surface area (Å²) in [5.41, 5.74) is 1.32. The molecule has 13 heavy (non-hydrogen) atoms. The van der Waals surface area contributed by atoms with Crippen LogP contribution in [0.1, 0.15) is 12.5 Å². The molecule has 0 fully saturated rings. The van der Waals surface area contributed by atoms with E-state index in [0.29, 0.717) is 5.05 Å². The number of hydrogen-bond donors (Lipinski definition) is 0. The summed E-state index contributed by atoms with van der Waals surface area (Å²) in [6.07, 6.45) is 1.31. The first-order valence-electron chi connectivity index (χ1n) is 3.96. The van der Waals surface area contributed by atoms with E-state index in [1.54, 1.807) is 6.92 Å². The van der Waals surface area contributed by atoms with E-state index in [1.807, 2.05) is 18.2 Å². The highest BCUT2D eigenvalue weighted by molar-refractivity contribution is 7.80. The quantitative estimate of drug-likeness (QED) is 0.500. The Bertz CT molecular complexity index is 254. The molecule has 0 aliphatic rings. The number of hydrogen-bond acceptors (Lipinski definition) is 2. The van der Waals surface area contributed by atoms with Crippen LogP contribution in [0.2, 0.25) is 0 Å². The molecule has 1 aromatic rings. The van der Waals surface area contributed by atoms with Crippen LogP contribution in [0, 0.1) is 6.92 Å². The van der Waals surface area contributed by atoms with Gasteiger partial charge in [-0.15, -0.1) is 0 Å². The second-order valence-corrected chi connectivity index (χ2v) is 3.01. The molecule has 1 rings (SSSR count). The molecule has 0 saturated heterocycles. The summed E-state index contributed by atoms with van der Waals surface area (Å²) in [7, 11) is 0. The van der Waals surface area contributed by atoms with Gasteiger partial charge in [0.1, 0.15) is 0 Å². The minimum atomic E-state index is 0.505. The van der Waals surface area contributed by atoms with Crippen LogP contribution in [-0.2, 0) is 4.74 Å². The van der Waals surface area contributed by atoms with Gasteiger partial charge >= 0.3 is 0 Å². The summed E-state index contributed by atoms with van der Waals surface area (Å²) in [5, 5.41) is 0.505. The van der Waals surface area contributed by atoms with Crippen LogP contribution in [0.15, 0.2) is 43.2 Å². The van der Waals surface area contributed by atoms with E-state index in [-0.39, 0.29) is 0 Å². The first-order valence-corrected chi connectivity index (χ1v) is 4.37. The standard InChI is InChI=1S/C7H8.C4H6OS/c1-7-5-3-2-4-6-7;1-3-5-4(2)6/h2-6H,1H3;3H,1H2,2H3. The highest BCUT2D eigenvalue weighted by atomic mass is 32.1. The van der Waals surface area contributed by atoms with Crippen molar-refractivity contribution in [1.29, 1.82) is 0 Å². The third-order valence-electron chi connectivity index (χ3n) is 1.19. The molecule has 2 heteroatoms. The lowest BCUT2D eigenvalue weighted by molar-refractivity contribution is 0.484. The number of rotatable bonds is 1. The van der Waals surface area contributed by atoms with Crippen molar-refractivity contribution >= 4 is 17.3 Å². The molecule has 0 aromatic heterocycles. The predicted octanol–water partition coefficient (Wildman–Crippen LogP) is 3.49. The molecule has 0 bridgehead atoms. The van der Waals surface area contributed by atoms with Gasteiger partial charge in [0.2, 0.25) is 0 Å². The molecule has 0 aliphatic carbocycles. The summed E-state index contributed by atoms with van der Waals surface area (Å²) in [6.45, 7) is 7.07. The second-order valence-electron chi connectivity index (χ2n) is 2.43. The van der Waals surface area contributed by atoms with Crippen molar-refractivity contribution in [3.05, 3.63) is 48.7 Å². The molecule has 0 radical (unpaired) electrons. The molecule has 0 amide bonds. The van der Waals surface area contributed by atoms with E-state index in [2.05, 4.69) is 42.6 Å². The molecule has 0 N–H and O–H groups in total. The highest BCUT2D eigenvalue weighted by Gasteiger charge is 1.73. The van der Waals surface area contributed by atoms with E-state index in [4.69, 9.17) is 0 Å². The fraction of sp³-hybridized carbons (Fsp3) is 0.182. The van der Waals surface area contributed by atoms with Crippen molar-refractivity contribution in [2.24, 2.45) is 0 Å². The molecule has 1 nitrogen and oxygen atoms in total. The zero-order valence-electron chi connectivity index (χ0n) is 7.99. The van der Waals surface area contributed by atoms with Crippen LogP contribution in [0.4, 0.5) is 0 Å². The molecular weight excluding hydrogens is 180 g/mol. The van der Waals surface area contributed by atoms with Crippen LogP contribution in [-0.4, -0.2) is 5.05 Å². The lowest BCUT2D eigenvalue weighted by Gasteiger charge is -1.87. The van der Waals surface area contributed by atoms with Crippen LogP contribution >= 0.6 is 12.2 Å². The zero-order valence-corrected chi connectivity index (χ0v) is 8.80. The lowest BCUT2D eigenvalue weighted by Crippen LogP contribution is -1.83. The monoisotopic (exact) mass is 194 g/mol. The van der Waals surface area contributed by atoms with Gasteiger partial charge in [0.15, 0.2) is 5.05 Å². The van der Waals surface area contributed by atoms with Gasteiger partial charge in [-0.25, -0.2) is 0 Å². The van der Waals surface area contributed by atoms with Gasteiger partial charge in [-0.2, -0.15) is 0 Å². The second kappa shape index (κ2) is 7.50. The normalized spacial score (nSPS) is 7.85. The van der Waals surface area contributed by atoms with Crippen molar-refractivity contribution in [2.45, 2.75) is 13.8 Å². The van der Waals surface area contributed by atoms with E-state index >= 15 is 0 Å². The van der Waals surface area contributed by atoms with Gasteiger partial charge in [0.05, 0.1) is 6.26 Å². The Hall–Kier alpha value is -1.15. The van der Waals surface area contributed by atoms with E-state index in [9.17, 15) is 0 Å². The molecule has 1 aromatic carbocycles. The summed E-state index contributed by atoms with van der Waals surface area (Å²) < 4.78 is 4.54. The maximum atomic E-state index is 4.54. The Morgan fingerprint density at radius 1 is 1.38 bits per heavy atom. The van der Waals surface area contributed by atoms with Crippen LogP contribution < -0.4 is 0 Å². The van der Waals surface area contributed by atoms with Gasteiger partial charge in [-0.3, -0.25) is 0 Å².